The molecule has 7 nitrogen and oxygen atoms in total. The molecule has 1 amide bonds. The highest BCUT2D eigenvalue weighted by molar-refractivity contribution is 6.32. The summed E-state index contributed by atoms with van der Waals surface area (Å²) in [6.45, 7) is -0.342. The van der Waals surface area contributed by atoms with Gasteiger partial charge in [0.2, 0.25) is 0 Å². The van der Waals surface area contributed by atoms with E-state index in [-0.39, 0.29) is 28.9 Å². The highest BCUT2D eigenvalue weighted by Crippen LogP contribution is 2.50. The van der Waals surface area contributed by atoms with E-state index in [0.717, 1.165) is 37.1 Å². The largest absolute Gasteiger partial charge is 0.493 e. The van der Waals surface area contributed by atoms with E-state index >= 15 is 0 Å². The number of nitrogens with two attached hydrogens (primary N) is 1. The molecule has 31 heavy (non-hydrogen) atoms. The van der Waals surface area contributed by atoms with Crippen molar-refractivity contribution in [2.75, 3.05) is 20.8 Å². The zero-order chi connectivity index (χ0) is 22.3. The van der Waals surface area contributed by atoms with Crippen molar-refractivity contribution in [1.29, 1.82) is 0 Å². The third kappa shape index (κ3) is 3.71. The minimum absolute atomic E-state index is 0.0622. The number of ketones is 2. The number of rotatable bonds is 5. The lowest BCUT2D eigenvalue weighted by atomic mass is 9.71. The van der Waals surface area contributed by atoms with Gasteiger partial charge in [0.05, 0.1) is 12.1 Å². The van der Waals surface area contributed by atoms with Gasteiger partial charge in [-0.3, -0.25) is 14.4 Å². The Morgan fingerprint density at radius 3 is 2.19 bits per heavy atom. The molecule has 2 N–H and O–H groups in total. The molecule has 0 fully saturated rings. The van der Waals surface area contributed by atoms with Gasteiger partial charge in [-0.2, -0.15) is 0 Å². The number of ether oxygens (including phenoxy) is 2. The number of methoxy groups -OCH3 is 1. The van der Waals surface area contributed by atoms with Crippen LogP contribution in [0.4, 0.5) is 0 Å². The van der Waals surface area contributed by atoms with E-state index in [9.17, 15) is 14.4 Å². The lowest BCUT2D eigenvalue weighted by Crippen LogP contribution is -2.37. The van der Waals surface area contributed by atoms with Gasteiger partial charge < -0.3 is 20.1 Å². The number of hydrogen-bond donors (Lipinski definition) is 1. The molecule has 1 aromatic carbocycles. The van der Waals surface area contributed by atoms with Crippen LogP contribution in [0.5, 0.6) is 11.5 Å². The first-order chi connectivity index (χ1) is 14.8. The fraction of sp³-hybridized carbons (Fsp3) is 0.435. The van der Waals surface area contributed by atoms with Crippen LogP contribution >= 0.6 is 11.6 Å². The standard InChI is InChI=1S/C23H25ClN2O5/c1-26-14-5-3-7-16(27)21(14)20(22-15(26)6-4-8-17(22)28)12-9-13(24)23(18(10-12)30-2)31-11-19(25)29/h9-10,20H,3-8,11H2,1-2H3,(H2,25,29). The molecule has 1 aromatic rings. The number of allylic oxidation sites excluding steroid dienone is 4. The number of halogens is 1. The fourth-order valence-corrected chi connectivity index (χ4v) is 5.15. The molecule has 0 aromatic heterocycles. The number of amides is 1. The van der Waals surface area contributed by atoms with E-state index in [4.69, 9.17) is 26.8 Å². The Morgan fingerprint density at radius 2 is 1.68 bits per heavy atom. The first kappa shape index (κ1) is 21.4. The van der Waals surface area contributed by atoms with Crippen molar-refractivity contribution in [3.05, 3.63) is 45.3 Å². The fourth-order valence-electron chi connectivity index (χ4n) is 4.88. The molecule has 2 aliphatic carbocycles. The van der Waals surface area contributed by atoms with Gasteiger partial charge in [0.25, 0.3) is 5.91 Å². The maximum absolute atomic E-state index is 13.1. The van der Waals surface area contributed by atoms with Crippen LogP contribution in [0.3, 0.4) is 0 Å². The van der Waals surface area contributed by atoms with Crippen molar-refractivity contribution in [2.24, 2.45) is 5.73 Å². The van der Waals surface area contributed by atoms with Gasteiger partial charge in [0, 0.05) is 48.3 Å². The maximum Gasteiger partial charge on any atom is 0.255 e. The molecule has 8 heteroatoms. The van der Waals surface area contributed by atoms with Crippen molar-refractivity contribution in [3.63, 3.8) is 0 Å². The van der Waals surface area contributed by atoms with E-state index in [2.05, 4.69) is 4.90 Å². The summed E-state index contributed by atoms with van der Waals surface area (Å²) in [4.78, 5) is 39.3. The molecular formula is C23H25ClN2O5. The summed E-state index contributed by atoms with van der Waals surface area (Å²) < 4.78 is 10.9. The van der Waals surface area contributed by atoms with Crippen molar-refractivity contribution >= 4 is 29.1 Å². The third-order valence-electron chi connectivity index (χ3n) is 6.19. The highest BCUT2D eigenvalue weighted by Gasteiger charge is 2.42. The predicted molar refractivity (Wildman–Crippen MR) is 115 cm³/mol. The molecule has 164 valence electrons. The van der Waals surface area contributed by atoms with Gasteiger partial charge >= 0.3 is 0 Å². The number of hydrogen-bond acceptors (Lipinski definition) is 6. The summed E-state index contributed by atoms with van der Waals surface area (Å²) in [6, 6.07) is 3.42. The molecule has 0 bridgehead atoms. The number of Topliss-reactive ketones (excluding diaryl/α,β-unsaturated/α-hetero) is 2. The van der Waals surface area contributed by atoms with Crippen LogP contribution in [0.25, 0.3) is 0 Å². The summed E-state index contributed by atoms with van der Waals surface area (Å²) in [6.07, 6.45) is 4.12. The molecule has 0 spiro atoms. The summed E-state index contributed by atoms with van der Waals surface area (Å²) in [5.74, 6) is -0.480. The smallest absolute Gasteiger partial charge is 0.255 e. The lowest BCUT2D eigenvalue weighted by molar-refractivity contribution is -0.120. The van der Waals surface area contributed by atoms with Crippen LogP contribution in [0.15, 0.2) is 34.7 Å². The SMILES string of the molecule is COc1cc(C2C3=C(CCCC3=O)N(C)C3=C2C(=O)CCC3)cc(Cl)c1OCC(N)=O. The molecule has 1 heterocycles. The van der Waals surface area contributed by atoms with Gasteiger partial charge in [-0.25, -0.2) is 0 Å². The molecule has 0 saturated heterocycles. The summed E-state index contributed by atoms with van der Waals surface area (Å²) in [5.41, 5.74) is 9.20. The third-order valence-corrected chi connectivity index (χ3v) is 6.47. The quantitative estimate of drug-likeness (QED) is 0.748. The zero-order valence-corrected chi connectivity index (χ0v) is 18.4. The Hall–Kier alpha value is -2.80. The predicted octanol–water partition coefficient (Wildman–Crippen LogP) is 3.26. The minimum Gasteiger partial charge on any atom is -0.493 e. The van der Waals surface area contributed by atoms with Crippen LogP contribution in [0, 0.1) is 0 Å². The van der Waals surface area contributed by atoms with E-state index in [1.807, 2.05) is 7.05 Å². The molecule has 0 atom stereocenters. The Kier molecular flexibility index (Phi) is 5.79. The van der Waals surface area contributed by atoms with E-state index in [1.165, 1.54) is 7.11 Å². The van der Waals surface area contributed by atoms with Crippen molar-refractivity contribution in [3.8, 4) is 11.5 Å². The van der Waals surface area contributed by atoms with Gasteiger partial charge in [0.1, 0.15) is 0 Å². The molecule has 0 saturated carbocycles. The number of nitrogens with zero attached hydrogens (tertiary/aromatic N) is 1. The Balaban J connectivity index is 1.89. The van der Waals surface area contributed by atoms with Gasteiger partial charge in [-0.05, 0) is 43.4 Å². The second-order valence-electron chi connectivity index (χ2n) is 8.06. The summed E-state index contributed by atoms with van der Waals surface area (Å²) >= 11 is 6.50. The number of benzene rings is 1. The van der Waals surface area contributed by atoms with Gasteiger partial charge in [-0.15, -0.1) is 0 Å². The van der Waals surface area contributed by atoms with E-state index < -0.39 is 11.8 Å². The number of carbonyl (C=O) groups is 3. The van der Waals surface area contributed by atoms with Gasteiger partial charge in [0.15, 0.2) is 29.7 Å². The van der Waals surface area contributed by atoms with Crippen LogP contribution in [0.2, 0.25) is 5.02 Å². The van der Waals surface area contributed by atoms with Gasteiger partial charge in [-0.1, -0.05) is 11.6 Å². The highest BCUT2D eigenvalue weighted by atomic mass is 35.5. The monoisotopic (exact) mass is 444 g/mol. The van der Waals surface area contributed by atoms with Crippen molar-refractivity contribution < 1.29 is 23.9 Å². The Bertz CT molecular complexity index is 999. The second-order valence-corrected chi connectivity index (χ2v) is 8.46. The first-order valence-electron chi connectivity index (χ1n) is 10.4. The minimum atomic E-state index is -0.636. The zero-order valence-electron chi connectivity index (χ0n) is 17.6. The topological polar surface area (TPSA) is 98.9 Å². The average Bonchev–Trinajstić information content (AvgIpc) is 2.73. The number of primary amides is 1. The molecular weight excluding hydrogens is 420 g/mol. The summed E-state index contributed by atoms with van der Waals surface area (Å²) in [7, 11) is 3.42. The normalized spacial score (nSPS) is 19.4. The van der Waals surface area contributed by atoms with E-state index in [1.54, 1.807) is 12.1 Å². The first-order valence-corrected chi connectivity index (χ1v) is 10.8. The molecule has 3 aliphatic rings. The van der Waals surface area contributed by atoms with Crippen molar-refractivity contribution in [2.45, 2.75) is 44.4 Å². The lowest BCUT2D eigenvalue weighted by Gasteiger charge is -2.42. The molecule has 0 unspecified atom stereocenters. The molecule has 0 radical (unpaired) electrons. The van der Waals surface area contributed by atoms with Crippen LogP contribution in [-0.2, 0) is 14.4 Å². The summed E-state index contributed by atoms with van der Waals surface area (Å²) in [5, 5.41) is 0.227. The van der Waals surface area contributed by atoms with Crippen LogP contribution in [0.1, 0.15) is 50.0 Å². The Labute approximate surface area is 185 Å². The van der Waals surface area contributed by atoms with Crippen LogP contribution < -0.4 is 15.2 Å². The number of carbonyl (C=O) groups excluding carboxylic acids is 3. The van der Waals surface area contributed by atoms with E-state index in [0.29, 0.717) is 35.3 Å². The maximum atomic E-state index is 13.1. The Morgan fingerprint density at radius 1 is 1.10 bits per heavy atom. The molecule has 4 rings (SSSR count). The molecule has 1 aliphatic heterocycles. The van der Waals surface area contributed by atoms with Crippen molar-refractivity contribution in [1.82, 2.24) is 4.90 Å². The average molecular weight is 445 g/mol. The van der Waals surface area contributed by atoms with Crippen LogP contribution in [-0.4, -0.2) is 43.1 Å². The second kappa shape index (κ2) is 8.38.